The Balaban J connectivity index is 1.87. The van der Waals surface area contributed by atoms with Gasteiger partial charge in [-0.1, -0.05) is 29.8 Å². The van der Waals surface area contributed by atoms with Gasteiger partial charge in [-0.3, -0.25) is 18.8 Å². The van der Waals surface area contributed by atoms with Gasteiger partial charge in [-0.15, -0.1) is 0 Å². The number of nitrogens with one attached hydrogen (secondary N) is 1. The lowest BCUT2D eigenvalue weighted by Gasteiger charge is -2.19. The summed E-state index contributed by atoms with van der Waals surface area (Å²) in [5.74, 6) is -4.08. The van der Waals surface area contributed by atoms with Crippen LogP contribution in [-0.4, -0.2) is 40.8 Å². The highest BCUT2D eigenvalue weighted by molar-refractivity contribution is 6.34. The summed E-state index contributed by atoms with van der Waals surface area (Å²) in [4.78, 5) is 52.9. The van der Waals surface area contributed by atoms with Crippen molar-refractivity contribution in [1.29, 1.82) is 0 Å². The summed E-state index contributed by atoms with van der Waals surface area (Å²) in [6, 6.07) is 8.40. The third kappa shape index (κ3) is 5.06. The number of esters is 1. The van der Waals surface area contributed by atoms with Gasteiger partial charge in [0.25, 0.3) is 11.5 Å². The highest BCUT2D eigenvalue weighted by Gasteiger charge is 2.28. The summed E-state index contributed by atoms with van der Waals surface area (Å²) >= 11 is 6.44. The molecular formula is C26H25ClF2N4O5. The number of anilines is 1. The van der Waals surface area contributed by atoms with Crippen molar-refractivity contribution in [2.75, 3.05) is 24.6 Å². The average Bonchev–Trinajstić information content (AvgIpc) is 3.27. The Hall–Kier alpha value is -3.99. The van der Waals surface area contributed by atoms with Gasteiger partial charge in [0.1, 0.15) is 5.56 Å². The molecule has 0 unspecified atom stereocenters. The van der Waals surface area contributed by atoms with E-state index in [0.29, 0.717) is 24.3 Å². The summed E-state index contributed by atoms with van der Waals surface area (Å²) in [6.07, 6.45) is 1.07. The first-order valence-corrected chi connectivity index (χ1v) is 12.2. The summed E-state index contributed by atoms with van der Waals surface area (Å²) in [7, 11) is 0. The van der Waals surface area contributed by atoms with Gasteiger partial charge < -0.3 is 10.1 Å². The van der Waals surface area contributed by atoms with Gasteiger partial charge in [0.05, 0.1) is 29.5 Å². The number of hydrogen-bond donors (Lipinski definition) is 1. The van der Waals surface area contributed by atoms with Crippen LogP contribution in [0.25, 0.3) is 5.69 Å². The molecule has 0 saturated carbocycles. The first kappa shape index (κ1) is 27.1. The van der Waals surface area contributed by atoms with Gasteiger partial charge in [-0.2, -0.15) is 0 Å². The van der Waals surface area contributed by atoms with E-state index in [9.17, 15) is 28.0 Å². The topological polar surface area (TPSA) is 103 Å². The SMILES string of the molecule is CCOC(=O)c1cn(-c2ccc(N3CCNC3=O)c(Cl)c2)c(=O)n(Cc2cccc(C(C)(F)F)c2C)c1=O. The Bertz CT molecular complexity index is 1540. The molecule has 2 heterocycles. The van der Waals surface area contributed by atoms with Crippen LogP contribution in [0.3, 0.4) is 0 Å². The number of hydrogen-bond acceptors (Lipinski definition) is 5. The van der Waals surface area contributed by atoms with Crippen LogP contribution >= 0.6 is 11.6 Å². The quantitative estimate of drug-likeness (QED) is 0.454. The number of alkyl halides is 2. The van der Waals surface area contributed by atoms with Crippen molar-refractivity contribution in [2.24, 2.45) is 0 Å². The van der Waals surface area contributed by atoms with Gasteiger partial charge in [0.15, 0.2) is 0 Å². The Labute approximate surface area is 221 Å². The number of nitrogens with zero attached hydrogens (tertiary/aromatic N) is 3. The van der Waals surface area contributed by atoms with Crippen LogP contribution < -0.4 is 21.5 Å². The van der Waals surface area contributed by atoms with E-state index in [4.69, 9.17) is 16.3 Å². The Morgan fingerprint density at radius 2 is 1.92 bits per heavy atom. The molecule has 2 amide bonds. The fraction of sp³-hybridized carbons (Fsp3) is 0.308. The third-order valence-corrected chi connectivity index (χ3v) is 6.57. The third-order valence-electron chi connectivity index (χ3n) is 6.27. The first-order chi connectivity index (χ1) is 17.9. The van der Waals surface area contributed by atoms with Crippen molar-refractivity contribution < 1.29 is 23.1 Å². The second-order valence-corrected chi connectivity index (χ2v) is 9.21. The normalized spacial score (nSPS) is 13.5. The van der Waals surface area contributed by atoms with Crippen molar-refractivity contribution in [3.8, 4) is 5.69 Å². The molecule has 0 atom stereocenters. The smallest absolute Gasteiger partial charge is 0.345 e. The van der Waals surface area contributed by atoms with Gasteiger partial charge in [-0.05, 0) is 43.2 Å². The molecule has 0 spiro atoms. The van der Waals surface area contributed by atoms with Crippen LogP contribution in [0.15, 0.2) is 52.2 Å². The molecule has 0 radical (unpaired) electrons. The minimum atomic E-state index is -3.14. The molecule has 200 valence electrons. The molecule has 1 N–H and O–H groups in total. The number of amides is 2. The van der Waals surface area contributed by atoms with Gasteiger partial charge >= 0.3 is 17.7 Å². The van der Waals surface area contributed by atoms with E-state index in [1.807, 2.05) is 0 Å². The van der Waals surface area contributed by atoms with Crippen LogP contribution in [0.5, 0.6) is 0 Å². The maximum Gasteiger partial charge on any atom is 0.345 e. The largest absolute Gasteiger partial charge is 0.462 e. The number of aromatic nitrogens is 2. The zero-order valence-electron chi connectivity index (χ0n) is 20.9. The van der Waals surface area contributed by atoms with Crippen LogP contribution in [-0.2, 0) is 17.2 Å². The predicted octanol–water partition coefficient (Wildman–Crippen LogP) is 3.83. The number of carbonyl (C=O) groups is 2. The fourth-order valence-corrected chi connectivity index (χ4v) is 4.62. The van der Waals surface area contributed by atoms with E-state index < -0.39 is 28.7 Å². The van der Waals surface area contributed by atoms with E-state index in [-0.39, 0.29) is 41.0 Å². The molecule has 1 aliphatic rings. The summed E-state index contributed by atoms with van der Waals surface area (Å²) in [5.41, 5.74) is -1.23. The van der Waals surface area contributed by atoms with Crippen molar-refractivity contribution in [2.45, 2.75) is 33.2 Å². The van der Waals surface area contributed by atoms with Crippen molar-refractivity contribution in [3.63, 3.8) is 0 Å². The Morgan fingerprint density at radius 3 is 2.53 bits per heavy atom. The Morgan fingerprint density at radius 1 is 1.18 bits per heavy atom. The zero-order valence-corrected chi connectivity index (χ0v) is 21.6. The number of carbonyl (C=O) groups excluding carboxylic acids is 2. The molecule has 1 fully saturated rings. The molecule has 38 heavy (non-hydrogen) atoms. The molecule has 0 bridgehead atoms. The lowest BCUT2D eigenvalue weighted by Crippen LogP contribution is -2.42. The van der Waals surface area contributed by atoms with Gasteiger partial charge in [0.2, 0.25) is 0 Å². The molecule has 1 aliphatic heterocycles. The summed E-state index contributed by atoms with van der Waals surface area (Å²) in [6.45, 7) is 4.30. The van der Waals surface area contributed by atoms with Crippen LogP contribution in [0.4, 0.5) is 19.3 Å². The monoisotopic (exact) mass is 546 g/mol. The fourth-order valence-electron chi connectivity index (χ4n) is 4.34. The minimum Gasteiger partial charge on any atom is -0.462 e. The minimum absolute atomic E-state index is 0.0113. The van der Waals surface area contributed by atoms with Crippen LogP contribution in [0.1, 0.15) is 40.9 Å². The van der Waals surface area contributed by atoms with Gasteiger partial charge in [0, 0.05) is 31.8 Å². The molecule has 12 heteroatoms. The summed E-state index contributed by atoms with van der Waals surface area (Å²) in [5, 5.41) is 2.84. The maximum atomic E-state index is 14.1. The van der Waals surface area contributed by atoms with Crippen LogP contribution in [0.2, 0.25) is 5.02 Å². The van der Waals surface area contributed by atoms with E-state index in [0.717, 1.165) is 22.3 Å². The zero-order chi connectivity index (χ0) is 27.8. The predicted molar refractivity (Wildman–Crippen MR) is 138 cm³/mol. The van der Waals surface area contributed by atoms with E-state index in [2.05, 4.69) is 5.32 Å². The van der Waals surface area contributed by atoms with E-state index >= 15 is 0 Å². The maximum absolute atomic E-state index is 14.1. The number of ether oxygens (including phenoxy) is 1. The first-order valence-electron chi connectivity index (χ1n) is 11.8. The van der Waals surface area contributed by atoms with Crippen molar-refractivity contribution in [1.82, 2.24) is 14.5 Å². The molecule has 2 aromatic carbocycles. The van der Waals surface area contributed by atoms with Crippen molar-refractivity contribution >= 4 is 29.3 Å². The van der Waals surface area contributed by atoms with Gasteiger partial charge in [-0.25, -0.2) is 23.2 Å². The Kier molecular flexibility index (Phi) is 7.41. The van der Waals surface area contributed by atoms with Crippen molar-refractivity contribution in [3.05, 3.63) is 90.7 Å². The number of rotatable bonds is 7. The lowest BCUT2D eigenvalue weighted by atomic mass is 9.98. The molecule has 1 saturated heterocycles. The molecule has 9 nitrogen and oxygen atoms in total. The number of benzene rings is 2. The molecule has 4 rings (SSSR count). The standard InChI is InChI=1S/C26H25ClF2N4O5/c1-4-38-23(35)18-14-32(17-8-9-21(20(27)12-17)31-11-10-30-24(31)36)25(37)33(22(18)34)13-16-6-5-7-19(15(16)2)26(3,28)29/h5-9,12,14H,4,10-11,13H2,1-3H3,(H,30,36). The highest BCUT2D eigenvalue weighted by atomic mass is 35.5. The van der Waals surface area contributed by atoms with E-state index in [1.54, 1.807) is 13.0 Å². The van der Waals surface area contributed by atoms with E-state index in [1.165, 1.54) is 42.2 Å². The average molecular weight is 547 g/mol. The second-order valence-electron chi connectivity index (χ2n) is 8.80. The lowest BCUT2D eigenvalue weighted by molar-refractivity contribution is 0.0167. The summed E-state index contributed by atoms with van der Waals surface area (Å²) < 4.78 is 35.1. The number of halogens is 3. The molecule has 1 aromatic heterocycles. The number of urea groups is 1. The molecular weight excluding hydrogens is 522 g/mol. The van der Waals surface area contributed by atoms with Crippen LogP contribution in [0, 0.1) is 6.92 Å². The molecule has 0 aliphatic carbocycles. The highest BCUT2D eigenvalue weighted by Crippen LogP contribution is 2.31. The molecule has 3 aromatic rings. The second kappa shape index (κ2) is 10.4.